The lowest BCUT2D eigenvalue weighted by atomic mass is 10.2. The Bertz CT molecular complexity index is 480. The van der Waals surface area contributed by atoms with Crippen LogP contribution in [0.2, 0.25) is 0 Å². The molecule has 1 aromatic rings. The largest absolute Gasteiger partial charge is 0.370 e. The maximum Gasteiger partial charge on any atom is 0.223 e. The topological polar surface area (TPSA) is 79.5 Å². The lowest BCUT2D eigenvalue weighted by Crippen LogP contribution is -2.29. The molecule has 0 saturated heterocycles. The number of guanidine groups is 1. The minimum absolute atomic E-state index is 0.139. The van der Waals surface area contributed by atoms with Gasteiger partial charge < -0.3 is 16.4 Å². The van der Waals surface area contributed by atoms with Crippen LogP contribution in [0.4, 0.5) is 5.69 Å². The first-order chi connectivity index (χ1) is 9.15. The van der Waals surface area contributed by atoms with Gasteiger partial charge in [-0.25, -0.2) is 0 Å². The zero-order valence-corrected chi connectivity index (χ0v) is 11.1. The number of rotatable bonds is 5. The highest BCUT2D eigenvalue weighted by Crippen LogP contribution is 2.28. The summed E-state index contributed by atoms with van der Waals surface area (Å²) < 4.78 is 0. The van der Waals surface area contributed by atoms with E-state index in [-0.39, 0.29) is 11.8 Å². The first-order valence-electron chi connectivity index (χ1n) is 6.56. The van der Waals surface area contributed by atoms with Crippen LogP contribution in [0.25, 0.3) is 0 Å². The van der Waals surface area contributed by atoms with E-state index in [4.69, 9.17) is 5.73 Å². The maximum absolute atomic E-state index is 11.4. The zero-order chi connectivity index (χ0) is 13.7. The lowest BCUT2D eigenvalue weighted by Gasteiger charge is -2.06. The third-order valence-corrected chi connectivity index (χ3v) is 2.93. The fourth-order valence-corrected chi connectivity index (χ4v) is 1.76. The molecule has 2 rings (SSSR count). The molecule has 1 saturated carbocycles. The quantitative estimate of drug-likeness (QED) is 0.423. The summed E-state index contributed by atoms with van der Waals surface area (Å²) in [6.45, 7) is 3.04. The van der Waals surface area contributed by atoms with E-state index in [0.29, 0.717) is 19.0 Å². The standard InChI is InChI=1S/C14H20N4O/c1-10-3-2-4-12(9-10)18-14(15)17-8-7-16-13(19)11-5-6-11/h2-4,9,11H,5-8H2,1H3,(H,16,19)(H3,15,17,18). The van der Waals surface area contributed by atoms with E-state index in [1.54, 1.807) is 0 Å². The number of aliphatic imine (C=N–C) groups is 1. The SMILES string of the molecule is Cc1cccc(NC(N)=NCCNC(=O)C2CC2)c1. The van der Waals surface area contributed by atoms with Crippen molar-refractivity contribution in [2.75, 3.05) is 18.4 Å². The maximum atomic E-state index is 11.4. The number of hydrogen-bond donors (Lipinski definition) is 3. The summed E-state index contributed by atoms with van der Waals surface area (Å²) >= 11 is 0. The van der Waals surface area contributed by atoms with Crippen molar-refractivity contribution in [3.8, 4) is 0 Å². The Morgan fingerprint density at radius 2 is 2.26 bits per heavy atom. The molecular weight excluding hydrogens is 240 g/mol. The van der Waals surface area contributed by atoms with E-state index >= 15 is 0 Å². The van der Waals surface area contributed by atoms with Crippen molar-refractivity contribution < 1.29 is 4.79 Å². The van der Waals surface area contributed by atoms with Gasteiger partial charge in [-0.2, -0.15) is 0 Å². The first kappa shape index (κ1) is 13.4. The van der Waals surface area contributed by atoms with Gasteiger partial charge in [0.05, 0.1) is 6.54 Å². The van der Waals surface area contributed by atoms with Gasteiger partial charge in [-0.15, -0.1) is 0 Å². The molecule has 0 heterocycles. The molecule has 1 aliphatic rings. The van der Waals surface area contributed by atoms with Crippen molar-refractivity contribution in [1.29, 1.82) is 0 Å². The van der Waals surface area contributed by atoms with Gasteiger partial charge >= 0.3 is 0 Å². The Morgan fingerprint density at radius 1 is 1.47 bits per heavy atom. The molecule has 0 aliphatic heterocycles. The molecule has 1 amide bonds. The Hall–Kier alpha value is -2.04. The number of benzene rings is 1. The van der Waals surface area contributed by atoms with Gasteiger partial charge in [-0.1, -0.05) is 12.1 Å². The minimum atomic E-state index is 0.139. The van der Waals surface area contributed by atoms with Crippen LogP contribution >= 0.6 is 0 Å². The molecule has 1 fully saturated rings. The molecular formula is C14H20N4O. The van der Waals surface area contributed by atoms with E-state index in [9.17, 15) is 4.79 Å². The van der Waals surface area contributed by atoms with E-state index in [0.717, 1.165) is 24.1 Å². The number of nitrogens with zero attached hydrogens (tertiary/aromatic N) is 1. The summed E-state index contributed by atoms with van der Waals surface area (Å²) in [6.07, 6.45) is 2.04. The van der Waals surface area contributed by atoms with Crippen molar-refractivity contribution in [1.82, 2.24) is 5.32 Å². The van der Waals surface area contributed by atoms with Gasteiger partial charge in [-0.05, 0) is 37.5 Å². The molecule has 1 aliphatic carbocycles. The monoisotopic (exact) mass is 260 g/mol. The second-order valence-electron chi connectivity index (χ2n) is 4.83. The third-order valence-electron chi connectivity index (χ3n) is 2.93. The predicted octanol–water partition coefficient (Wildman–Crippen LogP) is 1.25. The van der Waals surface area contributed by atoms with Crippen molar-refractivity contribution in [3.63, 3.8) is 0 Å². The molecule has 0 radical (unpaired) electrons. The average Bonchev–Trinajstić information content (AvgIpc) is 3.18. The minimum Gasteiger partial charge on any atom is -0.370 e. The van der Waals surface area contributed by atoms with Gasteiger partial charge in [0, 0.05) is 18.2 Å². The Morgan fingerprint density at radius 3 is 2.95 bits per heavy atom. The van der Waals surface area contributed by atoms with Crippen molar-refractivity contribution >= 4 is 17.6 Å². The fraction of sp³-hybridized carbons (Fsp3) is 0.429. The van der Waals surface area contributed by atoms with E-state index in [1.165, 1.54) is 0 Å². The third kappa shape index (κ3) is 4.62. The number of anilines is 1. The van der Waals surface area contributed by atoms with Gasteiger partial charge in [-0.3, -0.25) is 9.79 Å². The molecule has 102 valence electrons. The average molecular weight is 260 g/mol. The summed E-state index contributed by atoms with van der Waals surface area (Å²) in [7, 11) is 0. The second-order valence-corrected chi connectivity index (χ2v) is 4.83. The highest BCUT2D eigenvalue weighted by Gasteiger charge is 2.28. The van der Waals surface area contributed by atoms with Crippen LogP contribution < -0.4 is 16.4 Å². The number of hydrogen-bond acceptors (Lipinski definition) is 2. The van der Waals surface area contributed by atoms with Crippen LogP contribution in [0, 0.1) is 12.8 Å². The van der Waals surface area contributed by atoms with Gasteiger partial charge in [0.2, 0.25) is 5.91 Å². The van der Waals surface area contributed by atoms with Crippen molar-refractivity contribution in [2.45, 2.75) is 19.8 Å². The number of amides is 1. The van der Waals surface area contributed by atoms with Crippen LogP contribution in [0.5, 0.6) is 0 Å². The van der Waals surface area contributed by atoms with Crippen molar-refractivity contribution in [2.24, 2.45) is 16.6 Å². The molecule has 0 spiro atoms. The molecule has 5 nitrogen and oxygen atoms in total. The number of aryl methyl sites for hydroxylation is 1. The highest BCUT2D eigenvalue weighted by atomic mass is 16.2. The predicted molar refractivity (Wildman–Crippen MR) is 77.0 cm³/mol. The summed E-state index contributed by atoms with van der Waals surface area (Å²) in [6, 6.07) is 7.91. The Labute approximate surface area is 113 Å². The van der Waals surface area contributed by atoms with Crippen molar-refractivity contribution in [3.05, 3.63) is 29.8 Å². The molecule has 0 aromatic heterocycles. The van der Waals surface area contributed by atoms with Gasteiger partial charge in [0.25, 0.3) is 0 Å². The van der Waals surface area contributed by atoms with Gasteiger partial charge in [0.15, 0.2) is 5.96 Å². The van der Waals surface area contributed by atoms with E-state index in [1.807, 2.05) is 31.2 Å². The second kappa shape index (κ2) is 6.22. The van der Waals surface area contributed by atoms with Crippen LogP contribution in [-0.2, 0) is 4.79 Å². The highest BCUT2D eigenvalue weighted by molar-refractivity contribution is 5.92. The Kier molecular flexibility index (Phi) is 4.39. The van der Waals surface area contributed by atoms with E-state index < -0.39 is 0 Å². The molecule has 4 N–H and O–H groups in total. The Balaban J connectivity index is 1.71. The van der Waals surface area contributed by atoms with Crippen LogP contribution in [-0.4, -0.2) is 25.0 Å². The molecule has 0 bridgehead atoms. The van der Waals surface area contributed by atoms with Crippen LogP contribution in [0.15, 0.2) is 29.3 Å². The van der Waals surface area contributed by atoms with Gasteiger partial charge in [0.1, 0.15) is 0 Å². The summed E-state index contributed by atoms with van der Waals surface area (Å²) in [5, 5.41) is 5.86. The van der Waals surface area contributed by atoms with Crippen LogP contribution in [0.3, 0.4) is 0 Å². The van der Waals surface area contributed by atoms with E-state index in [2.05, 4.69) is 15.6 Å². The lowest BCUT2D eigenvalue weighted by molar-refractivity contribution is -0.122. The summed E-state index contributed by atoms with van der Waals surface area (Å²) in [4.78, 5) is 15.5. The number of carbonyl (C=O) groups excluding carboxylic acids is 1. The molecule has 5 heteroatoms. The summed E-state index contributed by atoms with van der Waals surface area (Å²) in [5.74, 6) is 0.749. The number of carbonyl (C=O) groups is 1. The molecule has 0 unspecified atom stereocenters. The molecule has 0 atom stereocenters. The first-order valence-corrected chi connectivity index (χ1v) is 6.56. The summed E-state index contributed by atoms with van der Waals surface area (Å²) in [5.41, 5.74) is 7.85. The van der Waals surface area contributed by atoms with Crippen LogP contribution in [0.1, 0.15) is 18.4 Å². The fourth-order valence-electron chi connectivity index (χ4n) is 1.76. The molecule has 19 heavy (non-hydrogen) atoms. The number of nitrogens with two attached hydrogens (primary N) is 1. The molecule has 1 aromatic carbocycles. The smallest absolute Gasteiger partial charge is 0.223 e. The number of nitrogens with one attached hydrogen (secondary N) is 2. The zero-order valence-electron chi connectivity index (χ0n) is 11.1. The normalized spacial score (nSPS) is 15.1.